The molecule has 0 radical (unpaired) electrons. The second-order valence-corrected chi connectivity index (χ2v) is 11.2. The lowest BCUT2D eigenvalue weighted by atomic mass is 10.0. The van der Waals surface area contributed by atoms with E-state index in [-0.39, 0.29) is 39.5 Å². The molecule has 0 aromatic carbocycles. The average molecular weight is 664 g/mol. The number of aliphatic hydroxyl groups is 1. The summed E-state index contributed by atoms with van der Waals surface area (Å²) in [5.41, 5.74) is -0.221. The van der Waals surface area contributed by atoms with Crippen LogP contribution in [0.1, 0.15) is 90.7 Å². The van der Waals surface area contributed by atoms with E-state index in [1.165, 1.54) is 42.0 Å². The Hall–Kier alpha value is -3.53. The van der Waals surface area contributed by atoms with Gasteiger partial charge in [-0.05, 0) is 51.5 Å². The molecule has 0 aliphatic rings. The zero-order valence-corrected chi connectivity index (χ0v) is 29.3. The predicted molar refractivity (Wildman–Crippen MR) is 182 cm³/mol. The summed E-state index contributed by atoms with van der Waals surface area (Å²) in [6.45, 7) is 18.9. The first-order valence-electron chi connectivity index (χ1n) is 15.0. The molecule has 0 aliphatic carbocycles. The van der Waals surface area contributed by atoms with Crippen molar-refractivity contribution >= 4 is 23.2 Å². The van der Waals surface area contributed by atoms with E-state index in [2.05, 4.69) is 37.7 Å². The van der Waals surface area contributed by atoms with Gasteiger partial charge in [0.25, 0.3) is 11.1 Å². The minimum atomic E-state index is -1.35. The summed E-state index contributed by atoms with van der Waals surface area (Å²) in [7, 11) is 0. The molecule has 11 heteroatoms. The highest BCUT2D eigenvalue weighted by Crippen LogP contribution is 2.27. The summed E-state index contributed by atoms with van der Waals surface area (Å²) in [6.07, 6.45) is 6.59. The van der Waals surface area contributed by atoms with Crippen LogP contribution in [-0.4, -0.2) is 24.2 Å². The fourth-order valence-electron chi connectivity index (χ4n) is 3.80. The Morgan fingerprint density at radius 1 is 0.956 bits per heavy atom. The van der Waals surface area contributed by atoms with Crippen molar-refractivity contribution < 1.29 is 14.2 Å². The van der Waals surface area contributed by atoms with Crippen LogP contribution in [0.2, 0.25) is 10.0 Å². The zero-order valence-electron chi connectivity index (χ0n) is 27.8. The number of aromatic nitrogens is 4. The molecule has 4 heterocycles. The monoisotopic (exact) mass is 662 g/mol. The molecule has 4 aromatic heterocycles. The van der Waals surface area contributed by atoms with Gasteiger partial charge in [0, 0.05) is 35.8 Å². The molecule has 0 amide bonds. The third-order valence-electron chi connectivity index (χ3n) is 5.70. The number of aryl methyl sites for hydroxylation is 2. The SMILES string of the molecule is CC.CCC.CCC.Cc1cnc(-n2cccc(C(C)(C)O)c2=O)cc1-n1c(C)cc(OCc2ncc(F)cc2Cl)c(Cl)c1=O. The highest BCUT2D eigenvalue weighted by molar-refractivity contribution is 6.32. The first-order valence-corrected chi connectivity index (χ1v) is 15.7. The lowest BCUT2D eigenvalue weighted by molar-refractivity contribution is 0.0767. The average Bonchev–Trinajstić information content (AvgIpc) is 2.97. The topological polar surface area (TPSA) is 99.2 Å². The normalized spacial score (nSPS) is 10.4. The van der Waals surface area contributed by atoms with Crippen molar-refractivity contribution in [2.75, 3.05) is 0 Å². The van der Waals surface area contributed by atoms with E-state index in [1.807, 2.05) is 13.8 Å². The molecule has 1 N–H and O–H groups in total. The summed E-state index contributed by atoms with van der Waals surface area (Å²) in [6, 6.07) is 7.48. The van der Waals surface area contributed by atoms with Crippen LogP contribution < -0.4 is 15.9 Å². The maximum absolute atomic E-state index is 13.3. The number of nitrogens with zero attached hydrogens (tertiary/aromatic N) is 4. The number of halogens is 3. The van der Waals surface area contributed by atoms with Gasteiger partial charge in [-0.2, -0.15) is 0 Å². The van der Waals surface area contributed by atoms with Crippen molar-refractivity contribution in [1.82, 2.24) is 19.1 Å². The van der Waals surface area contributed by atoms with Gasteiger partial charge < -0.3 is 9.84 Å². The fraction of sp³-hybridized carbons (Fsp3) is 0.412. The van der Waals surface area contributed by atoms with Crippen molar-refractivity contribution in [1.29, 1.82) is 0 Å². The smallest absolute Gasteiger partial charge is 0.277 e. The van der Waals surface area contributed by atoms with Gasteiger partial charge in [-0.3, -0.25) is 23.7 Å². The lowest BCUT2D eigenvalue weighted by Crippen LogP contribution is -2.31. The largest absolute Gasteiger partial charge is 0.485 e. The molecule has 4 aromatic rings. The Morgan fingerprint density at radius 2 is 1.56 bits per heavy atom. The summed E-state index contributed by atoms with van der Waals surface area (Å²) in [5.74, 6) is -0.202. The van der Waals surface area contributed by atoms with Gasteiger partial charge in [0.05, 0.1) is 28.2 Å². The summed E-state index contributed by atoms with van der Waals surface area (Å²) < 4.78 is 21.6. The quantitative estimate of drug-likeness (QED) is 0.222. The first-order chi connectivity index (χ1) is 21.2. The number of hydrogen-bond acceptors (Lipinski definition) is 6. The second kappa shape index (κ2) is 18.4. The molecule has 0 atom stereocenters. The third kappa shape index (κ3) is 10.5. The van der Waals surface area contributed by atoms with E-state index in [9.17, 15) is 19.1 Å². The summed E-state index contributed by atoms with van der Waals surface area (Å²) >= 11 is 12.4. The molecule has 0 saturated carbocycles. The third-order valence-corrected chi connectivity index (χ3v) is 6.38. The summed E-state index contributed by atoms with van der Waals surface area (Å²) in [4.78, 5) is 34.6. The first kappa shape index (κ1) is 39.5. The molecule has 0 bridgehead atoms. The Kier molecular flexibility index (Phi) is 16.2. The van der Waals surface area contributed by atoms with E-state index < -0.39 is 22.5 Å². The van der Waals surface area contributed by atoms with E-state index in [0.717, 1.165) is 12.3 Å². The number of hydrogen-bond donors (Lipinski definition) is 1. The van der Waals surface area contributed by atoms with Crippen LogP contribution in [0.3, 0.4) is 0 Å². The van der Waals surface area contributed by atoms with Gasteiger partial charge in [-0.25, -0.2) is 9.37 Å². The Labute approximate surface area is 275 Å². The zero-order chi connectivity index (χ0) is 34.5. The predicted octanol–water partition coefficient (Wildman–Crippen LogP) is 8.51. The fourth-order valence-corrected chi connectivity index (χ4v) is 4.20. The van der Waals surface area contributed by atoms with Gasteiger partial charge in [0.15, 0.2) is 0 Å². The summed E-state index contributed by atoms with van der Waals surface area (Å²) in [5, 5.41) is 10.3. The van der Waals surface area contributed by atoms with E-state index >= 15 is 0 Å². The van der Waals surface area contributed by atoms with E-state index in [4.69, 9.17) is 27.9 Å². The van der Waals surface area contributed by atoms with Crippen LogP contribution in [0.25, 0.3) is 11.5 Å². The maximum Gasteiger partial charge on any atom is 0.277 e. The number of ether oxygens (including phenoxy) is 1. The molecule has 0 fully saturated rings. The molecule has 0 spiro atoms. The second-order valence-electron chi connectivity index (χ2n) is 10.4. The van der Waals surface area contributed by atoms with Crippen LogP contribution >= 0.6 is 23.2 Å². The van der Waals surface area contributed by atoms with Gasteiger partial charge in [0.1, 0.15) is 29.0 Å². The van der Waals surface area contributed by atoms with Gasteiger partial charge in [0.2, 0.25) is 0 Å². The molecule has 0 saturated heterocycles. The Morgan fingerprint density at radius 3 is 2.11 bits per heavy atom. The van der Waals surface area contributed by atoms with Crippen molar-refractivity contribution in [3.63, 3.8) is 0 Å². The van der Waals surface area contributed by atoms with E-state index in [0.29, 0.717) is 16.9 Å². The van der Waals surface area contributed by atoms with Crippen LogP contribution in [0.4, 0.5) is 4.39 Å². The molecule has 4 rings (SSSR count). The van der Waals surface area contributed by atoms with Gasteiger partial charge in [-0.1, -0.05) is 77.6 Å². The van der Waals surface area contributed by atoms with Crippen LogP contribution in [0.5, 0.6) is 5.75 Å². The molecule has 0 aliphatic heterocycles. The Bertz CT molecular complexity index is 1660. The molecule has 246 valence electrons. The molecular weight excluding hydrogens is 618 g/mol. The van der Waals surface area contributed by atoms with Crippen molar-refractivity contribution in [3.05, 3.63) is 108 Å². The lowest BCUT2D eigenvalue weighted by Gasteiger charge is -2.19. The van der Waals surface area contributed by atoms with E-state index in [1.54, 1.807) is 44.3 Å². The molecular formula is C34H45Cl2FN4O4. The van der Waals surface area contributed by atoms with Crippen molar-refractivity contribution in [2.24, 2.45) is 0 Å². The highest BCUT2D eigenvalue weighted by atomic mass is 35.5. The molecule has 45 heavy (non-hydrogen) atoms. The van der Waals surface area contributed by atoms with Gasteiger partial charge in [-0.15, -0.1) is 0 Å². The molecule has 8 nitrogen and oxygen atoms in total. The standard InChI is InChI=1S/C26H23Cl2FN4O4.2C3H8.C2H6/c1-14-11-31-22(32-7-5-6-17(24(32)34)26(3,4)36)10-20(14)33-15(2)8-21(23(28)25(33)35)37-13-19-18(27)9-16(29)12-30-19;2*1-3-2;1-2/h5-12,36H,13H2,1-4H3;2*3H2,1-2H3;1-2H3. The van der Waals surface area contributed by atoms with Crippen LogP contribution in [0, 0.1) is 19.7 Å². The van der Waals surface area contributed by atoms with Gasteiger partial charge >= 0.3 is 0 Å². The van der Waals surface area contributed by atoms with Crippen LogP contribution in [0.15, 0.2) is 58.5 Å². The minimum absolute atomic E-state index is 0.0880. The molecule has 0 unspecified atom stereocenters. The van der Waals surface area contributed by atoms with Crippen molar-refractivity contribution in [3.8, 4) is 17.3 Å². The number of pyridine rings is 4. The maximum atomic E-state index is 13.3. The Balaban J connectivity index is 0.00000115. The van der Waals surface area contributed by atoms with Crippen molar-refractivity contribution in [2.45, 2.75) is 94.3 Å². The number of rotatable bonds is 6. The minimum Gasteiger partial charge on any atom is -0.485 e. The van der Waals surface area contributed by atoms with Crippen LogP contribution in [-0.2, 0) is 12.2 Å². The highest BCUT2D eigenvalue weighted by Gasteiger charge is 2.22.